The van der Waals surface area contributed by atoms with E-state index in [9.17, 15) is 24.3 Å². The normalized spacial score (nSPS) is 10.2. The Labute approximate surface area is 135 Å². The third-order valence-corrected chi connectivity index (χ3v) is 3.48. The molecule has 7 heteroatoms. The first-order valence-electron chi connectivity index (χ1n) is 6.72. The summed E-state index contributed by atoms with van der Waals surface area (Å²) in [6.07, 6.45) is 0. The largest absolute Gasteiger partial charge is 0.478 e. The molecule has 2 aromatic carbocycles. The maximum Gasteiger partial charge on any atom is 0.337 e. The standard InChI is InChI=1S/C17H12O7/c1-8-5-6-9(7-12(8)16(21)22)14(18)10-3-2-4-11(15(19)20)13(10)17(23)24/h2-7H,1H3,(H,19,20)(H,21,22)(H,23,24). The van der Waals surface area contributed by atoms with Crippen LogP contribution in [-0.2, 0) is 0 Å². The van der Waals surface area contributed by atoms with Crippen LogP contribution in [0, 0.1) is 6.92 Å². The number of carbonyl (C=O) groups excluding carboxylic acids is 1. The summed E-state index contributed by atoms with van der Waals surface area (Å²) >= 11 is 0. The first kappa shape index (κ1) is 16.9. The Kier molecular flexibility index (Phi) is 4.45. The first-order chi connectivity index (χ1) is 11.2. The Balaban J connectivity index is 2.65. The molecular formula is C17H12O7. The fraction of sp³-hybridized carbons (Fsp3) is 0.0588. The van der Waals surface area contributed by atoms with Gasteiger partial charge in [0.25, 0.3) is 0 Å². The van der Waals surface area contributed by atoms with Crippen LogP contribution in [0.5, 0.6) is 0 Å². The summed E-state index contributed by atoms with van der Waals surface area (Å²) in [7, 11) is 0. The van der Waals surface area contributed by atoms with E-state index in [1.54, 1.807) is 6.92 Å². The number of hydrogen-bond acceptors (Lipinski definition) is 4. The number of benzene rings is 2. The molecule has 0 aromatic heterocycles. The van der Waals surface area contributed by atoms with Gasteiger partial charge in [-0.1, -0.05) is 24.3 Å². The number of rotatable bonds is 5. The predicted octanol–water partition coefficient (Wildman–Crippen LogP) is 2.32. The van der Waals surface area contributed by atoms with Crippen LogP contribution in [0.15, 0.2) is 36.4 Å². The molecule has 122 valence electrons. The lowest BCUT2D eigenvalue weighted by Gasteiger charge is -2.09. The maximum absolute atomic E-state index is 12.6. The van der Waals surface area contributed by atoms with Crippen molar-refractivity contribution in [1.82, 2.24) is 0 Å². The van der Waals surface area contributed by atoms with Crippen LogP contribution >= 0.6 is 0 Å². The molecule has 0 fully saturated rings. The molecule has 7 nitrogen and oxygen atoms in total. The second-order valence-electron chi connectivity index (χ2n) is 5.00. The minimum atomic E-state index is -1.55. The Morgan fingerprint density at radius 3 is 1.88 bits per heavy atom. The zero-order chi connectivity index (χ0) is 18.0. The van der Waals surface area contributed by atoms with Crippen LogP contribution in [0.25, 0.3) is 0 Å². The van der Waals surface area contributed by atoms with E-state index in [1.807, 2.05) is 0 Å². The lowest BCUT2D eigenvalue weighted by Crippen LogP contribution is -2.16. The molecular weight excluding hydrogens is 316 g/mol. The van der Waals surface area contributed by atoms with Crippen LogP contribution < -0.4 is 0 Å². The van der Waals surface area contributed by atoms with Crippen LogP contribution in [0.4, 0.5) is 0 Å². The molecule has 2 aromatic rings. The van der Waals surface area contributed by atoms with Crippen molar-refractivity contribution in [2.24, 2.45) is 0 Å². The van der Waals surface area contributed by atoms with Crippen molar-refractivity contribution >= 4 is 23.7 Å². The van der Waals surface area contributed by atoms with Crippen molar-refractivity contribution in [2.75, 3.05) is 0 Å². The summed E-state index contributed by atoms with van der Waals surface area (Å²) in [5, 5.41) is 27.5. The molecule has 0 saturated heterocycles. The van der Waals surface area contributed by atoms with Crippen LogP contribution in [-0.4, -0.2) is 39.0 Å². The number of carboxylic acids is 3. The van der Waals surface area contributed by atoms with Crippen LogP contribution in [0.1, 0.15) is 52.6 Å². The zero-order valence-corrected chi connectivity index (χ0v) is 12.4. The van der Waals surface area contributed by atoms with Crippen molar-refractivity contribution in [3.05, 3.63) is 69.8 Å². The predicted molar refractivity (Wildman–Crippen MR) is 81.9 cm³/mol. The Morgan fingerprint density at radius 1 is 0.750 bits per heavy atom. The summed E-state index contributed by atoms with van der Waals surface area (Å²) in [6.45, 7) is 1.56. The van der Waals surface area contributed by atoms with Crippen molar-refractivity contribution in [3.63, 3.8) is 0 Å². The maximum atomic E-state index is 12.6. The van der Waals surface area contributed by atoms with E-state index in [2.05, 4.69) is 0 Å². The van der Waals surface area contributed by atoms with Gasteiger partial charge < -0.3 is 15.3 Å². The number of carboxylic acid groups (broad SMARTS) is 3. The molecule has 0 amide bonds. The molecule has 3 N–H and O–H groups in total. The summed E-state index contributed by atoms with van der Waals surface area (Å²) in [5.41, 5.74) is -1.15. The molecule has 0 unspecified atom stereocenters. The number of hydrogen-bond donors (Lipinski definition) is 3. The molecule has 0 aliphatic rings. The van der Waals surface area contributed by atoms with Gasteiger partial charge in [-0.2, -0.15) is 0 Å². The van der Waals surface area contributed by atoms with E-state index in [0.717, 1.165) is 12.1 Å². The van der Waals surface area contributed by atoms with Crippen molar-refractivity contribution in [2.45, 2.75) is 6.92 Å². The Bertz CT molecular complexity index is 881. The topological polar surface area (TPSA) is 129 Å². The minimum absolute atomic E-state index is 0.0389. The number of aryl methyl sites for hydroxylation is 1. The van der Waals surface area contributed by atoms with Gasteiger partial charge in [0, 0.05) is 11.1 Å². The summed E-state index contributed by atoms with van der Waals surface area (Å²) in [6, 6.07) is 7.47. The highest BCUT2D eigenvalue weighted by molar-refractivity contribution is 6.17. The van der Waals surface area contributed by atoms with Gasteiger partial charge >= 0.3 is 17.9 Å². The lowest BCUT2D eigenvalue weighted by atomic mass is 9.93. The summed E-state index contributed by atoms with van der Waals surface area (Å²) in [4.78, 5) is 46.3. The monoisotopic (exact) mass is 328 g/mol. The molecule has 0 spiro atoms. The lowest BCUT2D eigenvalue weighted by molar-refractivity contribution is 0.0649. The van der Waals surface area contributed by atoms with Gasteiger partial charge in [0.15, 0.2) is 5.78 Å². The van der Waals surface area contributed by atoms with Gasteiger partial charge in [-0.25, -0.2) is 14.4 Å². The third-order valence-electron chi connectivity index (χ3n) is 3.48. The van der Waals surface area contributed by atoms with Crippen LogP contribution in [0.3, 0.4) is 0 Å². The Hall–Kier alpha value is -3.48. The fourth-order valence-corrected chi connectivity index (χ4v) is 2.30. The van der Waals surface area contributed by atoms with E-state index in [0.29, 0.717) is 5.56 Å². The SMILES string of the molecule is Cc1ccc(C(=O)c2cccc(C(=O)O)c2C(=O)O)cc1C(=O)O. The van der Waals surface area contributed by atoms with Crippen molar-refractivity contribution in [1.29, 1.82) is 0 Å². The smallest absolute Gasteiger partial charge is 0.337 e. The van der Waals surface area contributed by atoms with E-state index >= 15 is 0 Å². The molecule has 0 aliphatic carbocycles. The average molecular weight is 328 g/mol. The average Bonchev–Trinajstić information content (AvgIpc) is 2.53. The van der Waals surface area contributed by atoms with Crippen molar-refractivity contribution in [3.8, 4) is 0 Å². The highest BCUT2D eigenvalue weighted by Crippen LogP contribution is 2.21. The van der Waals surface area contributed by atoms with E-state index < -0.39 is 34.8 Å². The molecule has 0 bridgehead atoms. The molecule has 0 atom stereocenters. The first-order valence-corrected chi connectivity index (χ1v) is 6.72. The minimum Gasteiger partial charge on any atom is -0.478 e. The van der Waals surface area contributed by atoms with Crippen LogP contribution in [0.2, 0.25) is 0 Å². The van der Waals surface area contributed by atoms with E-state index in [-0.39, 0.29) is 16.7 Å². The van der Waals surface area contributed by atoms with Gasteiger partial charge in [-0.3, -0.25) is 4.79 Å². The van der Waals surface area contributed by atoms with E-state index in [1.165, 1.54) is 24.3 Å². The second kappa shape index (κ2) is 6.33. The fourth-order valence-electron chi connectivity index (χ4n) is 2.30. The van der Waals surface area contributed by atoms with Gasteiger partial charge in [-0.15, -0.1) is 0 Å². The van der Waals surface area contributed by atoms with Gasteiger partial charge in [0.2, 0.25) is 0 Å². The molecule has 2 rings (SSSR count). The number of aromatic carboxylic acids is 3. The molecule has 0 radical (unpaired) electrons. The second-order valence-corrected chi connectivity index (χ2v) is 5.00. The summed E-state index contributed by atoms with van der Waals surface area (Å²) < 4.78 is 0. The molecule has 0 saturated carbocycles. The summed E-state index contributed by atoms with van der Waals surface area (Å²) in [5.74, 6) is -5.02. The van der Waals surface area contributed by atoms with E-state index in [4.69, 9.17) is 10.2 Å². The molecule has 0 heterocycles. The Morgan fingerprint density at radius 2 is 1.33 bits per heavy atom. The number of ketones is 1. The highest BCUT2D eigenvalue weighted by atomic mass is 16.4. The van der Waals surface area contributed by atoms with Gasteiger partial charge in [-0.05, 0) is 24.6 Å². The third kappa shape index (κ3) is 3.00. The quantitative estimate of drug-likeness (QED) is 0.718. The van der Waals surface area contributed by atoms with Gasteiger partial charge in [0.05, 0.1) is 16.7 Å². The van der Waals surface area contributed by atoms with Crippen molar-refractivity contribution < 1.29 is 34.5 Å². The molecule has 24 heavy (non-hydrogen) atoms. The molecule has 0 aliphatic heterocycles. The number of carbonyl (C=O) groups is 4. The van der Waals surface area contributed by atoms with Gasteiger partial charge in [0.1, 0.15) is 0 Å². The highest BCUT2D eigenvalue weighted by Gasteiger charge is 2.25. The zero-order valence-electron chi connectivity index (χ0n) is 12.4.